The second kappa shape index (κ2) is 10.7. The molecule has 0 bridgehead atoms. The maximum absolute atomic E-state index is 10.3. The van der Waals surface area contributed by atoms with Gasteiger partial charge in [0, 0.05) is 6.54 Å². The predicted molar refractivity (Wildman–Crippen MR) is 52.2 cm³/mol. The van der Waals surface area contributed by atoms with Crippen molar-refractivity contribution in [3.05, 3.63) is 0 Å². The van der Waals surface area contributed by atoms with Gasteiger partial charge in [-0.25, -0.2) is 4.79 Å². The third kappa shape index (κ3) is 8.64. The molecule has 0 aromatic rings. The van der Waals surface area contributed by atoms with Gasteiger partial charge in [-0.3, -0.25) is 16.3 Å². The number of carboxylic acid groups (broad SMARTS) is 1. The molecule has 5 N–H and O–H groups in total. The number of hydrogen-bond acceptors (Lipinski definition) is 5. The minimum Gasteiger partial charge on any atom is -0.480 e. The van der Waals surface area contributed by atoms with Gasteiger partial charge in [0.05, 0.1) is 0 Å². The Morgan fingerprint density at radius 2 is 2.23 bits per heavy atom. The van der Waals surface area contributed by atoms with Crippen molar-refractivity contribution >= 4 is 19.4 Å². The zero-order chi connectivity index (χ0) is 10.7. The van der Waals surface area contributed by atoms with E-state index < -0.39 is 12.0 Å². The highest BCUT2D eigenvalue weighted by Gasteiger charge is 2.12. The topological polar surface area (TPSA) is 112 Å². The molecule has 0 amide bonds. The summed E-state index contributed by atoms with van der Waals surface area (Å²) in [6.45, 7) is 6.28. The monoisotopic (exact) mass is 188 g/mol. The van der Waals surface area contributed by atoms with E-state index in [2.05, 4.69) is 23.9 Å². The Balaban J connectivity index is 0. The number of carboxylic acids is 1. The number of carbonyl (C=O) groups is 1. The summed E-state index contributed by atoms with van der Waals surface area (Å²) in [5.41, 5.74) is 2.43. The van der Waals surface area contributed by atoms with Gasteiger partial charge >= 0.3 is 5.97 Å². The first kappa shape index (κ1) is 14.3. The second-order valence-electron chi connectivity index (χ2n) is 2.13. The van der Waals surface area contributed by atoms with E-state index >= 15 is 0 Å². The van der Waals surface area contributed by atoms with E-state index in [1.165, 1.54) is 0 Å². The first-order valence-corrected chi connectivity index (χ1v) is 3.69. The molecule has 0 aliphatic carbocycles. The Labute approximate surface area is 77.3 Å². The number of nitrogens with one attached hydrogen (secondary N) is 2. The molecule has 0 aliphatic rings. The normalized spacial score (nSPS) is 10.8. The summed E-state index contributed by atoms with van der Waals surface area (Å²) in [5.74, 6) is 4.06. The molecule has 0 aromatic carbocycles. The molecule has 0 fully saturated rings. The molecule has 0 aromatic heterocycles. The van der Waals surface area contributed by atoms with E-state index in [-0.39, 0.29) is 0 Å². The smallest absolute Gasteiger partial charge is 0.328 e. The SMILES string of the molecule is C=N.C=NC(CCCNN)C(=O)O. The van der Waals surface area contributed by atoms with Gasteiger partial charge in [-0.2, -0.15) is 0 Å². The molecule has 0 spiro atoms. The maximum atomic E-state index is 10.3. The summed E-state index contributed by atoms with van der Waals surface area (Å²) in [4.78, 5) is 13.8. The number of nitrogens with zero attached hydrogens (tertiary/aromatic N) is 1. The maximum Gasteiger partial charge on any atom is 0.328 e. The Morgan fingerprint density at radius 1 is 1.69 bits per heavy atom. The molecule has 0 radical (unpaired) electrons. The molecule has 0 heterocycles. The fourth-order valence-corrected chi connectivity index (χ4v) is 0.690. The lowest BCUT2D eigenvalue weighted by atomic mass is 10.2. The summed E-state index contributed by atoms with van der Waals surface area (Å²) in [6, 6.07) is -0.691. The molecule has 1 unspecified atom stereocenters. The fourth-order valence-electron chi connectivity index (χ4n) is 0.690. The predicted octanol–water partition coefficient (Wildman–Crippen LogP) is -0.351. The molecular weight excluding hydrogens is 172 g/mol. The number of aliphatic carboxylic acids is 1. The van der Waals surface area contributed by atoms with Crippen LogP contribution in [0.3, 0.4) is 0 Å². The van der Waals surface area contributed by atoms with Crippen molar-refractivity contribution in [3.8, 4) is 0 Å². The molecule has 6 heteroatoms. The quantitative estimate of drug-likeness (QED) is 0.197. The summed E-state index contributed by atoms with van der Waals surface area (Å²) in [5, 5.41) is 14.0. The van der Waals surface area contributed by atoms with Crippen molar-refractivity contribution in [2.75, 3.05) is 6.54 Å². The number of aliphatic imine (C=N–C) groups is 1. The first-order chi connectivity index (χ1) is 6.22. The van der Waals surface area contributed by atoms with Gasteiger partial charge < -0.3 is 10.5 Å². The standard InChI is InChI=1S/C6H13N3O2.CH3N/c1-8-5(6(10)11)3-2-4-9-7;1-2/h5,9H,1-4,7H2,(H,10,11);2H,1H2. The molecular formula is C7H16N4O2. The van der Waals surface area contributed by atoms with Crippen LogP contribution in [0.5, 0.6) is 0 Å². The molecule has 0 aliphatic heterocycles. The highest BCUT2D eigenvalue weighted by atomic mass is 16.4. The number of nitrogens with two attached hydrogens (primary N) is 1. The average molecular weight is 188 g/mol. The molecule has 0 saturated carbocycles. The van der Waals surface area contributed by atoms with E-state index in [0.29, 0.717) is 19.4 Å². The Morgan fingerprint density at radius 3 is 2.54 bits per heavy atom. The van der Waals surface area contributed by atoms with Gasteiger partial charge in [0.2, 0.25) is 0 Å². The lowest BCUT2D eigenvalue weighted by Gasteiger charge is -2.04. The molecule has 6 nitrogen and oxygen atoms in total. The number of hydrogen-bond donors (Lipinski definition) is 4. The fraction of sp³-hybridized carbons (Fsp3) is 0.571. The van der Waals surface area contributed by atoms with Gasteiger partial charge in [0.1, 0.15) is 6.04 Å². The van der Waals surface area contributed by atoms with Gasteiger partial charge in [-0.1, -0.05) is 0 Å². The van der Waals surface area contributed by atoms with Gasteiger partial charge in [-0.05, 0) is 26.3 Å². The molecule has 13 heavy (non-hydrogen) atoms. The Hall–Kier alpha value is -1.27. The van der Waals surface area contributed by atoms with Crippen LogP contribution in [0, 0.1) is 5.41 Å². The minimum absolute atomic E-state index is 0.475. The van der Waals surface area contributed by atoms with Crippen molar-refractivity contribution in [3.63, 3.8) is 0 Å². The van der Waals surface area contributed by atoms with Gasteiger partial charge in [-0.15, -0.1) is 0 Å². The van der Waals surface area contributed by atoms with Crippen LogP contribution in [0.1, 0.15) is 12.8 Å². The van der Waals surface area contributed by atoms with Crippen molar-refractivity contribution < 1.29 is 9.90 Å². The van der Waals surface area contributed by atoms with Crippen LogP contribution in [0.25, 0.3) is 0 Å². The van der Waals surface area contributed by atoms with Crippen molar-refractivity contribution in [2.24, 2.45) is 10.8 Å². The lowest BCUT2D eigenvalue weighted by molar-refractivity contribution is -0.138. The second-order valence-corrected chi connectivity index (χ2v) is 2.13. The van der Waals surface area contributed by atoms with Crippen LogP contribution >= 0.6 is 0 Å². The van der Waals surface area contributed by atoms with Crippen LogP contribution in [0.15, 0.2) is 4.99 Å². The van der Waals surface area contributed by atoms with Crippen molar-refractivity contribution in [1.29, 1.82) is 5.41 Å². The van der Waals surface area contributed by atoms with Crippen LogP contribution in [0.4, 0.5) is 0 Å². The van der Waals surface area contributed by atoms with Gasteiger partial charge in [0.15, 0.2) is 0 Å². The Kier molecular flexibility index (Phi) is 11.8. The van der Waals surface area contributed by atoms with Crippen LogP contribution < -0.4 is 11.3 Å². The van der Waals surface area contributed by atoms with Crippen molar-refractivity contribution in [2.45, 2.75) is 18.9 Å². The van der Waals surface area contributed by atoms with E-state index in [1.54, 1.807) is 0 Å². The van der Waals surface area contributed by atoms with E-state index in [4.69, 9.17) is 16.4 Å². The molecule has 0 rings (SSSR count). The molecule has 0 saturated heterocycles. The minimum atomic E-state index is -0.933. The third-order valence-electron chi connectivity index (χ3n) is 1.30. The highest BCUT2D eigenvalue weighted by molar-refractivity contribution is 5.74. The van der Waals surface area contributed by atoms with E-state index in [0.717, 1.165) is 0 Å². The highest BCUT2D eigenvalue weighted by Crippen LogP contribution is 1.99. The summed E-state index contributed by atoms with van der Waals surface area (Å²) in [6.07, 6.45) is 1.16. The molecule has 76 valence electrons. The summed E-state index contributed by atoms with van der Waals surface area (Å²) in [7, 11) is 0. The van der Waals surface area contributed by atoms with E-state index in [1.807, 2.05) is 0 Å². The lowest BCUT2D eigenvalue weighted by Crippen LogP contribution is -2.25. The average Bonchev–Trinajstić information content (AvgIpc) is 2.15. The zero-order valence-electron chi connectivity index (χ0n) is 7.49. The largest absolute Gasteiger partial charge is 0.480 e. The van der Waals surface area contributed by atoms with Crippen molar-refractivity contribution in [1.82, 2.24) is 5.43 Å². The van der Waals surface area contributed by atoms with Crippen LogP contribution in [0.2, 0.25) is 0 Å². The molecule has 1 atom stereocenters. The number of rotatable bonds is 6. The van der Waals surface area contributed by atoms with Crippen LogP contribution in [-0.2, 0) is 4.79 Å². The third-order valence-corrected chi connectivity index (χ3v) is 1.30. The van der Waals surface area contributed by atoms with Crippen LogP contribution in [-0.4, -0.2) is 37.1 Å². The first-order valence-electron chi connectivity index (χ1n) is 3.69. The van der Waals surface area contributed by atoms with E-state index in [9.17, 15) is 4.79 Å². The summed E-state index contributed by atoms with van der Waals surface area (Å²) >= 11 is 0. The summed E-state index contributed by atoms with van der Waals surface area (Å²) < 4.78 is 0. The zero-order valence-corrected chi connectivity index (χ0v) is 7.49. The Bertz CT molecular complexity index is 151. The number of hydrazine groups is 1. The van der Waals surface area contributed by atoms with Gasteiger partial charge in [0.25, 0.3) is 0 Å².